The van der Waals surface area contributed by atoms with Crippen molar-refractivity contribution in [2.45, 2.75) is 32.2 Å². The van der Waals surface area contributed by atoms with Crippen molar-refractivity contribution >= 4 is 15.9 Å². The number of rotatable bonds is 5. The van der Waals surface area contributed by atoms with Crippen LogP contribution in [-0.2, 0) is 23.6 Å². The fourth-order valence-electron chi connectivity index (χ4n) is 3.02. The summed E-state index contributed by atoms with van der Waals surface area (Å²) in [7, 11) is -1.40. The average Bonchev–Trinajstić information content (AvgIpc) is 3.18. The summed E-state index contributed by atoms with van der Waals surface area (Å²) in [4.78, 5) is 16.5. The topological polar surface area (TPSA) is 123 Å². The van der Waals surface area contributed by atoms with E-state index in [0.29, 0.717) is 48.9 Å². The summed E-state index contributed by atoms with van der Waals surface area (Å²) >= 11 is 0. The average molecular weight is 382 g/mol. The van der Waals surface area contributed by atoms with Crippen LogP contribution in [0.25, 0.3) is 0 Å². The minimum Gasteiger partial charge on any atom is -0.343 e. The van der Waals surface area contributed by atoms with Crippen LogP contribution < -0.4 is 5.32 Å². The van der Waals surface area contributed by atoms with Crippen LogP contribution in [0.1, 0.15) is 46.5 Å². The second kappa shape index (κ2) is 7.16. The van der Waals surface area contributed by atoms with Gasteiger partial charge in [-0.05, 0) is 19.8 Å². The predicted molar refractivity (Wildman–Crippen MR) is 91.8 cm³/mol. The van der Waals surface area contributed by atoms with Gasteiger partial charge in [0.15, 0.2) is 5.82 Å². The molecule has 1 amide bonds. The smallest absolute Gasteiger partial charge is 0.255 e. The molecule has 1 fully saturated rings. The lowest BCUT2D eigenvalue weighted by molar-refractivity contribution is 0.0945. The van der Waals surface area contributed by atoms with Crippen LogP contribution in [0.3, 0.4) is 0 Å². The fraction of sp³-hybridized carbons (Fsp3) is 0.600. The highest BCUT2D eigenvalue weighted by Crippen LogP contribution is 2.26. The van der Waals surface area contributed by atoms with Crippen molar-refractivity contribution in [2.75, 3.05) is 19.3 Å². The lowest BCUT2D eigenvalue weighted by Crippen LogP contribution is -2.37. The van der Waals surface area contributed by atoms with Gasteiger partial charge in [0.25, 0.3) is 5.91 Å². The molecular formula is C15H22N6O4S. The highest BCUT2D eigenvalue weighted by molar-refractivity contribution is 7.88. The fourth-order valence-corrected chi connectivity index (χ4v) is 3.90. The Labute approximate surface area is 151 Å². The number of carbonyl (C=O) groups excluding carboxylic acids is 1. The molecule has 0 spiro atoms. The molecule has 1 saturated heterocycles. The summed E-state index contributed by atoms with van der Waals surface area (Å²) in [5.41, 5.74) is 1.15. The van der Waals surface area contributed by atoms with Crippen molar-refractivity contribution in [1.82, 2.24) is 29.5 Å². The first-order chi connectivity index (χ1) is 12.2. The molecule has 2 aromatic rings. The molecule has 0 atom stereocenters. The molecule has 0 radical (unpaired) electrons. The van der Waals surface area contributed by atoms with Gasteiger partial charge in [-0.15, -0.1) is 0 Å². The van der Waals surface area contributed by atoms with Gasteiger partial charge < -0.3 is 9.84 Å². The number of hydrogen-bond donors (Lipinski definition) is 1. The molecule has 11 heteroatoms. The van der Waals surface area contributed by atoms with Gasteiger partial charge in [0, 0.05) is 32.3 Å². The quantitative estimate of drug-likeness (QED) is 0.782. The molecule has 0 bridgehead atoms. The Morgan fingerprint density at radius 3 is 2.65 bits per heavy atom. The maximum atomic E-state index is 12.2. The minimum absolute atomic E-state index is 0.0572. The third kappa shape index (κ3) is 4.10. The molecule has 10 nitrogen and oxygen atoms in total. The van der Waals surface area contributed by atoms with Crippen molar-refractivity contribution < 1.29 is 17.7 Å². The normalized spacial score (nSPS) is 16.7. The van der Waals surface area contributed by atoms with E-state index >= 15 is 0 Å². The lowest BCUT2D eigenvalue weighted by atomic mass is 9.98. The van der Waals surface area contributed by atoms with E-state index in [1.807, 2.05) is 0 Å². The Morgan fingerprint density at radius 1 is 1.38 bits per heavy atom. The zero-order chi connectivity index (χ0) is 18.9. The van der Waals surface area contributed by atoms with Gasteiger partial charge in [-0.1, -0.05) is 5.16 Å². The van der Waals surface area contributed by atoms with Crippen molar-refractivity contribution in [2.24, 2.45) is 7.05 Å². The maximum absolute atomic E-state index is 12.2. The molecule has 0 aliphatic carbocycles. The number of nitrogens with one attached hydrogen (secondary N) is 1. The number of piperidine rings is 1. The van der Waals surface area contributed by atoms with Gasteiger partial charge >= 0.3 is 0 Å². The van der Waals surface area contributed by atoms with Crippen LogP contribution in [0.5, 0.6) is 0 Å². The van der Waals surface area contributed by atoms with Crippen LogP contribution in [0.4, 0.5) is 0 Å². The minimum atomic E-state index is -3.16. The Bertz CT molecular complexity index is 895. The Balaban J connectivity index is 1.55. The van der Waals surface area contributed by atoms with Gasteiger partial charge in [-0.2, -0.15) is 10.1 Å². The van der Waals surface area contributed by atoms with Crippen molar-refractivity contribution in [3.05, 3.63) is 29.2 Å². The summed E-state index contributed by atoms with van der Waals surface area (Å²) in [6, 6.07) is 0. The summed E-state index contributed by atoms with van der Waals surface area (Å²) < 4.78 is 31.4. The van der Waals surface area contributed by atoms with Crippen molar-refractivity contribution in [3.63, 3.8) is 0 Å². The maximum Gasteiger partial charge on any atom is 0.255 e. The Hall–Kier alpha value is -2.27. The van der Waals surface area contributed by atoms with E-state index in [4.69, 9.17) is 4.52 Å². The number of sulfonamides is 1. The monoisotopic (exact) mass is 382 g/mol. The molecule has 1 aliphatic heterocycles. The number of nitrogens with zero attached hydrogens (tertiary/aromatic N) is 5. The lowest BCUT2D eigenvalue weighted by Gasteiger charge is -2.28. The van der Waals surface area contributed by atoms with Crippen LogP contribution >= 0.6 is 0 Å². The van der Waals surface area contributed by atoms with E-state index in [9.17, 15) is 13.2 Å². The molecule has 0 saturated carbocycles. The zero-order valence-electron chi connectivity index (χ0n) is 15.0. The molecule has 3 rings (SSSR count). The van der Waals surface area contributed by atoms with Gasteiger partial charge in [0.05, 0.1) is 24.1 Å². The van der Waals surface area contributed by atoms with Crippen LogP contribution in [0, 0.1) is 6.92 Å². The first-order valence-electron chi connectivity index (χ1n) is 8.30. The molecule has 26 heavy (non-hydrogen) atoms. The molecule has 3 heterocycles. The second-order valence-electron chi connectivity index (χ2n) is 6.47. The van der Waals surface area contributed by atoms with Crippen LogP contribution in [0.15, 0.2) is 10.7 Å². The summed E-state index contributed by atoms with van der Waals surface area (Å²) in [6.07, 6.45) is 4.16. The molecular weight excluding hydrogens is 360 g/mol. The molecule has 1 aliphatic rings. The number of aryl methyl sites for hydroxylation is 2. The highest BCUT2D eigenvalue weighted by Gasteiger charge is 2.28. The third-order valence-corrected chi connectivity index (χ3v) is 5.73. The van der Waals surface area contributed by atoms with Gasteiger partial charge in [-0.25, -0.2) is 12.7 Å². The zero-order valence-corrected chi connectivity index (χ0v) is 15.8. The molecule has 142 valence electrons. The Morgan fingerprint density at radius 2 is 2.08 bits per heavy atom. The molecule has 0 aromatic carbocycles. The van der Waals surface area contributed by atoms with E-state index in [2.05, 4.69) is 20.6 Å². The highest BCUT2D eigenvalue weighted by atomic mass is 32.2. The largest absolute Gasteiger partial charge is 0.343 e. The predicted octanol–water partition coefficient (Wildman–Crippen LogP) is 0.181. The summed E-state index contributed by atoms with van der Waals surface area (Å²) in [5.74, 6) is 0.680. The number of aromatic nitrogens is 4. The standard InChI is InChI=1S/C15H22N6O4S/c1-10-12(9-20(2)18-10)15(22)16-8-13-17-14(19-25-13)11-4-6-21(7-5-11)26(3,23)24/h9,11H,4-8H2,1-3H3,(H,16,22). The van der Waals surface area contributed by atoms with Crippen LogP contribution in [-0.4, -0.2) is 57.9 Å². The van der Waals surface area contributed by atoms with E-state index in [1.54, 1.807) is 24.9 Å². The van der Waals surface area contributed by atoms with Crippen molar-refractivity contribution in [1.29, 1.82) is 0 Å². The third-order valence-electron chi connectivity index (χ3n) is 4.43. The molecule has 1 N–H and O–H groups in total. The Kier molecular flexibility index (Phi) is 5.10. The van der Waals surface area contributed by atoms with E-state index in [0.717, 1.165) is 0 Å². The van der Waals surface area contributed by atoms with Gasteiger partial charge in [0.2, 0.25) is 15.9 Å². The molecule has 0 unspecified atom stereocenters. The summed E-state index contributed by atoms with van der Waals surface area (Å²) in [6.45, 7) is 2.79. The first-order valence-corrected chi connectivity index (χ1v) is 10.1. The van der Waals surface area contributed by atoms with Gasteiger partial charge in [-0.3, -0.25) is 9.48 Å². The van der Waals surface area contributed by atoms with Gasteiger partial charge in [0.1, 0.15) is 0 Å². The van der Waals surface area contributed by atoms with E-state index in [1.165, 1.54) is 10.6 Å². The number of carbonyl (C=O) groups is 1. The molecule has 2 aromatic heterocycles. The van der Waals surface area contributed by atoms with E-state index in [-0.39, 0.29) is 18.4 Å². The first kappa shape index (κ1) is 18.5. The van der Waals surface area contributed by atoms with Crippen LogP contribution in [0.2, 0.25) is 0 Å². The van der Waals surface area contributed by atoms with E-state index < -0.39 is 10.0 Å². The van der Waals surface area contributed by atoms with Crippen molar-refractivity contribution in [3.8, 4) is 0 Å². The SMILES string of the molecule is Cc1nn(C)cc1C(=O)NCc1nc(C2CCN(S(C)(=O)=O)CC2)no1. The second-order valence-corrected chi connectivity index (χ2v) is 8.45. The number of amides is 1. The summed E-state index contributed by atoms with van der Waals surface area (Å²) in [5, 5.41) is 10.8. The number of hydrogen-bond acceptors (Lipinski definition) is 7.